The maximum atomic E-state index is 13.7. The molecule has 2 aromatic carbocycles. The number of hydrogen-bond donors (Lipinski definition) is 2. The molecule has 24 heavy (non-hydrogen) atoms. The van der Waals surface area contributed by atoms with Crippen molar-refractivity contribution < 1.29 is 4.39 Å². The van der Waals surface area contributed by atoms with Gasteiger partial charge in [0.15, 0.2) is 0 Å². The van der Waals surface area contributed by atoms with Crippen molar-refractivity contribution in [3.8, 4) is 0 Å². The number of rotatable bonds is 5. The Bertz CT molecular complexity index is 854. The predicted octanol–water partition coefficient (Wildman–Crippen LogP) is 4.93. The van der Waals surface area contributed by atoms with Crippen LogP contribution < -0.4 is 10.6 Å². The van der Waals surface area contributed by atoms with Gasteiger partial charge in [-0.25, -0.2) is 9.37 Å². The lowest BCUT2D eigenvalue weighted by Crippen LogP contribution is -2.07. The first kappa shape index (κ1) is 16.2. The Kier molecular flexibility index (Phi) is 4.91. The van der Waals surface area contributed by atoms with Crippen molar-refractivity contribution in [3.05, 3.63) is 76.7 Å². The van der Waals surface area contributed by atoms with Crippen LogP contribution >= 0.6 is 11.6 Å². The maximum absolute atomic E-state index is 13.7. The van der Waals surface area contributed by atoms with Crippen molar-refractivity contribution in [1.29, 1.82) is 0 Å². The number of halogens is 2. The van der Waals surface area contributed by atoms with Gasteiger partial charge in [0.05, 0.1) is 0 Å². The summed E-state index contributed by atoms with van der Waals surface area (Å²) in [5.41, 5.74) is 2.19. The van der Waals surface area contributed by atoms with Gasteiger partial charge < -0.3 is 10.6 Å². The van der Waals surface area contributed by atoms with E-state index in [1.54, 1.807) is 24.3 Å². The lowest BCUT2D eigenvalue weighted by molar-refractivity contribution is 0.612. The monoisotopic (exact) mass is 342 g/mol. The molecule has 3 aromatic rings. The number of hydrogen-bond acceptors (Lipinski definition) is 4. The lowest BCUT2D eigenvalue weighted by atomic mass is 10.2. The molecule has 0 aliphatic carbocycles. The number of nitrogens with one attached hydrogen (secondary N) is 2. The summed E-state index contributed by atoms with van der Waals surface area (Å²) in [6.45, 7) is 2.19. The minimum absolute atomic E-state index is 0.255. The van der Waals surface area contributed by atoms with Gasteiger partial charge in [-0.2, -0.15) is 4.98 Å². The predicted molar refractivity (Wildman–Crippen MR) is 95.2 cm³/mol. The Balaban J connectivity index is 1.75. The molecule has 0 saturated heterocycles. The molecular formula is C18H16ClFN4. The summed E-state index contributed by atoms with van der Waals surface area (Å²) in [7, 11) is 0. The smallest absolute Gasteiger partial charge is 0.225 e. The summed E-state index contributed by atoms with van der Waals surface area (Å²) in [6, 6.07) is 15.8. The van der Waals surface area contributed by atoms with Crippen LogP contribution in [0.25, 0.3) is 0 Å². The van der Waals surface area contributed by atoms with Crippen molar-refractivity contribution in [2.45, 2.75) is 13.5 Å². The molecule has 3 rings (SSSR count). The number of benzene rings is 2. The molecule has 1 aromatic heterocycles. The fourth-order valence-electron chi connectivity index (χ4n) is 2.24. The number of aryl methyl sites for hydroxylation is 1. The van der Waals surface area contributed by atoms with E-state index in [2.05, 4.69) is 20.6 Å². The third-order valence-electron chi connectivity index (χ3n) is 3.35. The largest absolute Gasteiger partial charge is 0.350 e. The van der Waals surface area contributed by atoms with Gasteiger partial charge >= 0.3 is 0 Å². The van der Waals surface area contributed by atoms with E-state index in [0.717, 1.165) is 11.4 Å². The molecule has 1 heterocycles. The second kappa shape index (κ2) is 7.27. The average molecular weight is 343 g/mol. The highest BCUT2D eigenvalue weighted by atomic mass is 35.5. The molecule has 0 amide bonds. The van der Waals surface area contributed by atoms with Gasteiger partial charge in [-0.3, -0.25) is 0 Å². The minimum Gasteiger partial charge on any atom is -0.350 e. The topological polar surface area (TPSA) is 49.8 Å². The number of nitrogens with zero attached hydrogens (tertiary/aromatic N) is 2. The number of aromatic nitrogens is 2. The molecule has 0 spiro atoms. The van der Waals surface area contributed by atoms with Gasteiger partial charge in [0.2, 0.25) is 5.95 Å². The zero-order valence-corrected chi connectivity index (χ0v) is 13.8. The highest BCUT2D eigenvalue weighted by molar-refractivity contribution is 6.30. The minimum atomic E-state index is -0.255. The molecular weight excluding hydrogens is 327 g/mol. The number of anilines is 3. The van der Waals surface area contributed by atoms with E-state index in [-0.39, 0.29) is 5.82 Å². The molecule has 0 unspecified atom stereocenters. The Morgan fingerprint density at radius 1 is 1.04 bits per heavy atom. The van der Waals surface area contributed by atoms with E-state index in [1.165, 1.54) is 6.07 Å². The molecule has 122 valence electrons. The zero-order chi connectivity index (χ0) is 16.9. The quantitative estimate of drug-likeness (QED) is 0.690. The van der Waals surface area contributed by atoms with Gasteiger partial charge in [-0.1, -0.05) is 35.9 Å². The Morgan fingerprint density at radius 3 is 2.67 bits per heavy atom. The van der Waals surface area contributed by atoms with Crippen molar-refractivity contribution in [3.63, 3.8) is 0 Å². The van der Waals surface area contributed by atoms with E-state index in [1.807, 2.05) is 31.2 Å². The Labute approximate surface area is 144 Å². The Morgan fingerprint density at radius 2 is 1.88 bits per heavy atom. The van der Waals surface area contributed by atoms with Gasteiger partial charge in [0, 0.05) is 34.6 Å². The normalized spacial score (nSPS) is 10.5. The Hall–Kier alpha value is -2.66. The highest BCUT2D eigenvalue weighted by Gasteiger charge is 2.05. The molecule has 4 nitrogen and oxygen atoms in total. The first-order valence-corrected chi connectivity index (χ1v) is 7.83. The van der Waals surface area contributed by atoms with E-state index in [4.69, 9.17) is 11.6 Å². The fourth-order valence-corrected chi connectivity index (χ4v) is 2.43. The summed E-state index contributed by atoms with van der Waals surface area (Å²) in [5, 5.41) is 6.88. The van der Waals surface area contributed by atoms with Gasteiger partial charge in [0.1, 0.15) is 11.6 Å². The van der Waals surface area contributed by atoms with Crippen LogP contribution in [0, 0.1) is 12.7 Å². The average Bonchev–Trinajstić information content (AvgIpc) is 2.53. The molecule has 2 N–H and O–H groups in total. The van der Waals surface area contributed by atoms with Gasteiger partial charge in [0.25, 0.3) is 0 Å². The van der Waals surface area contributed by atoms with Crippen LogP contribution in [0.5, 0.6) is 0 Å². The second-order valence-corrected chi connectivity index (χ2v) is 5.73. The first-order chi connectivity index (χ1) is 11.6. The summed E-state index contributed by atoms with van der Waals surface area (Å²) in [5.74, 6) is 0.818. The van der Waals surface area contributed by atoms with Crippen molar-refractivity contribution in [2.24, 2.45) is 0 Å². The van der Waals surface area contributed by atoms with Crippen LogP contribution in [0.3, 0.4) is 0 Å². The van der Waals surface area contributed by atoms with Crippen LogP contribution in [-0.2, 0) is 6.54 Å². The lowest BCUT2D eigenvalue weighted by Gasteiger charge is -2.10. The molecule has 0 bridgehead atoms. The van der Waals surface area contributed by atoms with E-state index in [9.17, 15) is 4.39 Å². The van der Waals surface area contributed by atoms with Crippen LogP contribution in [0.4, 0.5) is 21.8 Å². The summed E-state index contributed by atoms with van der Waals surface area (Å²) in [6.07, 6.45) is 0. The molecule has 0 saturated carbocycles. The van der Waals surface area contributed by atoms with Crippen LogP contribution in [0.1, 0.15) is 11.3 Å². The maximum Gasteiger partial charge on any atom is 0.225 e. The molecule has 0 aliphatic rings. The fraction of sp³-hybridized carbons (Fsp3) is 0.111. The SMILES string of the molecule is Cc1cc(Nc2cccc(Cl)c2)nc(NCc2ccccc2F)n1. The van der Waals surface area contributed by atoms with Crippen LogP contribution in [0.15, 0.2) is 54.6 Å². The van der Waals surface area contributed by atoms with Gasteiger partial charge in [-0.05, 0) is 31.2 Å². The molecule has 0 fully saturated rings. The second-order valence-electron chi connectivity index (χ2n) is 5.30. The first-order valence-electron chi connectivity index (χ1n) is 7.46. The van der Waals surface area contributed by atoms with E-state index < -0.39 is 0 Å². The van der Waals surface area contributed by atoms with Crippen molar-refractivity contribution in [2.75, 3.05) is 10.6 Å². The molecule has 0 aliphatic heterocycles. The van der Waals surface area contributed by atoms with E-state index >= 15 is 0 Å². The zero-order valence-electron chi connectivity index (χ0n) is 13.1. The highest BCUT2D eigenvalue weighted by Crippen LogP contribution is 2.20. The summed E-state index contributed by atoms with van der Waals surface area (Å²) in [4.78, 5) is 8.73. The standard InChI is InChI=1S/C18H16ClFN4/c1-12-9-17(23-15-7-4-6-14(19)10-15)24-18(22-12)21-11-13-5-2-3-8-16(13)20/h2-10H,11H2,1H3,(H2,21,22,23,24). The van der Waals surface area contributed by atoms with Crippen molar-refractivity contribution >= 4 is 29.1 Å². The van der Waals surface area contributed by atoms with Crippen LogP contribution in [0.2, 0.25) is 5.02 Å². The van der Waals surface area contributed by atoms with Crippen LogP contribution in [-0.4, -0.2) is 9.97 Å². The van der Waals surface area contributed by atoms with Crippen molar-refractivity contribution in [1.82, 2.24) is 9.97 Å². The van der Waals surface area contributed by atoms with Gasteiger partial charge in [-0.15, -0.1) is 0 Å². The molecule has 0 atom stereocenters. The summed E-state index contributed by atoms with van der Waals surface area (Å²) < 4.78 is 13.7. The third-order valence-corrected chi connectivity index (χ3v) is 3.58. The third kappa shape index (κ3) is 4.20. The molecule has 6 heteroatoms. The van der Waals surface area contributed by atoms with E-state index in [0.29, 0.717) is 28.9 Å². The summed E-state index contributed by atoms with van der Waals surface area (Å²) >= 11 is 5.99. The molecule has 0 radical (unpaired) electrons.